The number of carbonyl (C=O) groups excluding carboxylic acids is 2. The van der Waals surface area contributed by atoms with Gasteiger partial charge in [0.25, 0.3) is 0 Å². The molecule has 1 unspecified atom stereocenters. The van der Waals surface area contributed by atoms with E-state index in [-0.39, 0.29) is 5.91 Å². The number of hydrogen-bond acceptors (Lipinski definition) is 3. The van der Waals surface area contributed by atoms with E-state index in [1.165, 1.54) is 13.8 Å². The molecule has 1 rings (SSSR count). The van der Waals surface area contributed by atoms with Crippen molar-refractivity contribution in [2.45, 2.75) is 58.0 Å². The normalized spacial score (nSPS) is 28.3. The summed E-state index contributed by atoms with van der Waals surface area (Å²) in [5.74, 6) is -1.28. The van der Waals surface area contributed by atoms with E-state index in [0.29, 0.717) is 18.8 Å². The van der Waals surface area contributed by atoms with E-state index in [4.69, 9.17) is 0 Å². The van der Waals surface area contributed by atoms with Crippen LogP contribution < -0.4 is 10.6 Å². The van der Waals surface area contributed by atoms with E-state index in [1.54, 1.807) is 0 Å². The Morgan fingerprint density at radius 3 is 2.21 bits per heavy atom. The highest BCUT2D eigenvalue weighted by molar-refractivity contribution is 5.91. The van der Waals surface area contributed by atoms with Crippen molar-refractivity contribution in [1.82, 2.24) is 10.6 Å². The van der Waals surface area contributed by atoms with Gasteiger partial charge in [0.05, 0.1) is 0 Å². The van der Waals surface area contributed by atoms with Gasteiger partial charge in [-0.15, -0.1) is 0 Å². The molecule has 3 N–H and O–H groups in total. The first-order chi connectivity index (χ1) is 8.77. The number of amides is 2. The molecule has 0 aromatic rings. The third-order valence-corrected chi connectivity index (χ3v) is 3.71. The van der Waals surface area contributed by atoms with Gasteiger partial charge in [-0.3, -0.25) is 9.59 Å². The molecule has 0 bridgehead atoms. The van der Waals surface area contributed by atoms with Crippen LogP contribution in [0.5, 0.6) is 0 Å². The topological polar surface area (TPSA) is 95.5 Å². The fraction of sp³-hybridized carbons (Fsp3) is 0.769. The maximum Gasteiger partial charge on any atom is 0.329 e. The van der Waals surface area contributed by atoms with E-state index in [9.17, 15) is 19.5 Å². The smallest absolute Gasteiger partial charge is 0.329 e. The molecule has 1 atom stereocenters. The molecular weight excluding hydrogens is 248 g/mol. The van der Waals surface area contributed by atoms with Crippen molar-refractivity contribution in [3.63, 3.8) is 0 Å². The van der Waals surface area contributed by atoms with E-state index in [0.717, 1.165) is 12.8 Å². The van der Waals surface area contributed by atoms with Crippen LogP contribution in [0.1, 0.15) is 46.5 Å². The van der Waals surface area contributed by atoms with Gasteiger partial charge in [0.1, 0.15) is 11.6 Å². The van der Waals surface area contributed by atoms with E-state index in [2.05, 4.69) is 17.6 Å². The molecule has 2 amide bonds. The van der Waals surface area contributed by atoms with Gasteiger partial charge >= 0.3 is 5.97 Å². The lowest BCUT2D eigenvalue weighted by atomic mass is 9.77. The maximum atomic E-state index is 11.9. The molecule has 0 spiro atoms. The zero-order chi connectivity index (χ0) is 14.6. The zero-order valence-electron chi connectivity index (χ0n) is 11.7. The Hall–Kier alpha value is -1.59. The standard InChI is InChI=1S/C13H22N2O4/c1-8-4-6-13(7-5-8,12(18)19)15-11(17)9(2)14-10(3)16/h8-9H,4-7H2,1-3H3,(H,14,16)(H,15,17)(H,18,19). The minimum atomic E-state index is -1.18. The lowest BCUT2D eigenvalue weighted by molar-refractivity contribution is -0.150. The van der Waals surface area contributed by atoms with Gasteiger partial charge in [0.15, 0.2) is 0 Å². The molecule has 1 aliphatic rings. The minimum absolute atomic E-state index is 0.315. The molecular formula is C13H22N2O4. The third kappa shape index (κ3) is 3.94. The number of nitrogens with one attached hydrogen (secondary N) is 2. The molecule has 0 heterocycles. The summed E-state index contributed by atoms with van der Waals surface area (Å²) in [6.07, 6.45) is 2.42. The molecule has 1 saturated carbocycles. The highest BCUT2D eigenvalue weighted by atomic mass is 16.4. The van der Waals surface area contributed by atoms with E-state index < -0.39 is 23.5 Å². The first-order valence-electron chi connectivity index (χ1n) is 6.59. The van der Waals surface area contributed by atoms with Crippen molar-refractivity contribution in [1.29, 1.82) is 0 Å². The lowest BCUT2D eigenvalue weighted by Crippen LogP contribution is -2.59. The van der Waals surface area contributed by atoms with Crippen LogP contribution in [0.15, 0.2) is 0 Å². The van der Waals surface area contributed by atoms with Crippen LogP contribution >= 0.6 is 0 Å². The summed E-state index contributed by atoms with van der Waals surface area (Å²) < 4.78 is 0. The van der Waals surface area contributed by atoms with Crippen LogP contribution in [-0.4, -0.2) is 34.5 Å². The molecule has 0 aromatic heterocycles. The SMILES string of the molecule is CC(=O)NC(C)C(=O)NC1(C(=O)O)CCC(C)CC1. The van der Waals surface area contributed by atoms with Crippen molar-refractivity contribution >= 4 is 17.8 Å². The summed E-state index contributed by atoms with van der Waals surface area (Å²) in [5, 5.41) is 14.4. The van der Waals surface area contributed by atoms with Gasteiger partial charge in [-0.1, -0.05) is 6.92 Å². The molecule has 1 fully saturated rings. The second-order valence-corrected chi connectivity index (χ2v) is 5.48. The van der Waals surface area contributed by atoms with Crippen molar-refractivity contribution in [3.8, 4) is 0 Å². The summed E-state index contributed by atoms with van der Waals surface area (Å²) in [5.41, 5.74) is -1.18. The number of carboxylic acid groups (broad SMARTS) is 1. The van der Waals surface area contributed by atoms with E-state index >= 15 is 0 Å². The first kappa shape index (κ1) is 15.5. The Bertz CT molecular complexity index is 373. The summed E-state index contributed by atoms with van der Waals surface area (Å²) in [4.78, 5) is 34.3. The van der Waals surface area contributed by atoms with Crippen molar-refractivity contribution in [2.24, 2.45) is 5.92 Å². The second kappa shape index (κ2) is 6.04. The van der Waals surface area contributed by atoms with Gasteiger partial charge in [-0.05, 0) is 38.5 Å². The minimum Gasteiger partial charge on any atom is -0.480 e. The van der Waals surface area contributed by atoms with Gasteiger partial charge in [-0.25, -0.2) is 4.79 Å². The number of hydrogen-bond donors (Lipinski definition) is 3. The van der Waals surface area contributed by atoms with Crippen molar-refractivity contribution in [2.75, 3.05) is 0 Å². The van der Waals surface area contributed by atoms with Gasteiger partial charge in [-0.2, -0.15) is 0 Å². The van der Waals surface area contributed by atoms with Crippen LogP contribution in [0.4, 0.5) is 0 Å². The molecule has 1 aliphatic carbocycles. The van der Waals surface area contributed by atoms with Crippen LogP contribution in [0.2, 0.25) is 0 Å². The molecule has 0 radical (unpaired) electrons. The number of rotatable bonds is 4. The molecule has 0 aliphatic heterocycles. The fourth-order valence-electron chi connectivity index (χ4n) is 2.36. The monoisotopic (exact) mass is 270 g/mol. The van der Waals surface area contributed by atoms with Crippen LogP contribution in [-0.2, 0) is 14.4 Å². The molecule has 6 heteroatoms. The van der Waals surface area contributed by atoms with Gasteiger partial charge in [0.2, 0.25) is 11.8 Å². The summed E-state index contributed by atoms with van der Waals surface area (Å²) >= 11 is 0. The predicted molar refractivity (Wildman–Crippen MR) is 69.4 cm³/mol. The Kier molecular flexibility index (Phi) is 4.91. The average molecular weight is 270 g/mol. The molecule has 6 nitrogen and oxygen atoms in total. The molecule has 0 saturated heterocycles. The number of carbonyl (C=O) groups is 3. The third-order valence-electron chi connectivity index (χ3n) is 3.71. The van der Waals surface area contributed by atoms with E-state index in [1.807, 2.05) is 0 Å². The Morgan fingerprint density at radius 2 is 1.79 bits per heavy atom. The first-order valence-corrected chi connectivity index (χ1v) is 6.59. The van der Waals surface area contributed by atoms with Gasteiger partial charge in [0, 0.05) is 6.92 Å². The van der Waals surface area contributed by atoms with Crippen molar-refractivity contribution < 1.29 is 19.5 Å². The van der Waals surface area contributed by atoms with Crippen LogP contribution in [0, 0.1) is 5.92 Å². The Morgan fingerprint density at radius 1 is 1.26 bits per heavy atom. The fourth-order valence-corrected chi connectivity index (χ4v) is 2.36. The summed E-state index contributed by atoms with van der Waals surface area (Å²) in [7, 11) is 0. The number of aliphatic carboxylic acids is 1. The Labute approximate surface area is 112 Å². The Balaban J connectivity index is 2.71. The highest BCUT2D eigenvalue weighted by Gasteiger charge is 2.43. The van der Waals surface area contributed by atoms with Crippen LogP contribution in [0.3, 0.4) is 0 Å². The van der Waals surface area contributed by atoms with Crippen LogP contribution in [0.25, 0.3) is 0 Å². The second-order valence-electron chi connectivity index (χ2n) is 5.48. The zero-order valence-corrected chi connectivity index (χ0v) is 11.7. The maximum absolute atomic E-state index is 11.9. The number of carboxylic acids is 1. The molecule has 19 heavy (non-hydrogen) atoms. The summed E-state index contributed by atoms with van der Waals surface area (Å²) in [6, 6.07) is -0.729. The molecule has 108 valence electrons. The lowest BCUT2D eigenvalue weighted by Gasteiger charge is -2.37. The largest absolute Gasteiger partial charge is 0.480 e. The van der Waals surface area contributed by atoms with Crippen molar-refractivity contribution in [3.05, 3.63) is 0 Å². The highest BCUT2D eigenvalue weighted by Crippen LogP contribution is 2.32. The average Bonchev–Trinajstić information content (AvgIpc) is 2.31. The van der Waals surface area contributed by atoms with Gasteiger partial charge < -0.3 is 15.7 Å². The summed E-state index contributed by atoms with van der Waals surface area (Å²) in [6.45, 7) is 4.93. The quantitative estimate of drug-likeness (QED) is 0.699. The predicted octanol–water partition coefficient (Wildman–Crippen LogP) is 0.661. The molecule has 0 aromatic carbocycles.